The van der Waals surface area contributed by atoms with Crippen molar-refractivity contribution in [2.24, 2.45) is 5.73 Å². The number of hydrogen-bond donors (Lipinski definition) is 2. The number of hydrogen-bond acceptors (Lipinski definition) is 6. The van der Waals surface area contributed by atoms with Gasteiger partial charge in [-0.15, -0.1) is 22.7 Å². The van der Waals surface area contributed by atoms with Crippen molar-refractivity contribution in [3.05, 3.63) is 45.3 Å². The molecule has 3 aromatic rings. The predicted octanol–water partition coefficient (Wildman–Crippen LogP) is 4.15. The van der Waals surface area contributed by atoms with Gasteiger partial charge >= 0.3 is 0 Å². The minimum atomic E-state index is -0.439. The average molecular weight is 455 g/mol. The molecule has 0 unspecified atom stereocenters. The van der Waals surface area contributed by atoms with Crippen LogP contribution in [0.5, 0.6) is 0 Å². The Morgan fingerprint density at radius 2 is 1.90 bits per heavy atom. The molecular weight excluding hydrogens is 428 g/mol. The number of nitrogens with zero attached hydrogens (tertiary/aromatic N) is 2. The van der Waals surface area contributed by atoms with Crippen LogP contribution in [0.15, 0.2) is 24.3 Å². The first-order chi connectivity index (χ1) is 15.1. The van der Waals surface area contributed by atoms with Crippen LogP contribution in [0.4, 0.5) is 5.00 Å². The number of para-hydroxylation sites is 1. The Morgan fingerprint density at radius 3 is 2.68 bits per heavy atom. The Balaban J connectivity index is 1.20. The molecule has 1 fully saturated rings. The van der Waals surface area contributed by atoms with Crippen molar-refractivity contribution in [1.29, 1.82) is 0 Å². The lowest BCUT2D eigenvalue weighted by Gasteiger charge is -2.30. The van der Waals surface area contributed by atoms with Crippen LogP contribution in [0, 0.1) is 0 Å². The fraction of sp³-hybridized carbons (Fsp3) is 0.435. The second-order valence-corrected chi connectivity index (χ2v) is 10.6. The first kappa shape index (κ1) is 20.6. The van der Waals surface area contributed by atoms with Gasteiger partial charge in [0.25, 0.3) is 5.91 Å². The number of rotatable bonds is 5. The minimum absolute atomic E-state index is 0.0699. The monoisotopic (exact) mass is 454 g/mol. The van der Waals surface area contributed by atoms with Gasteiger partial charge in [0, 0.05) is 10.8 Å². The SMILES string of the molecule is NC(=O)c1c(NC(=O)CN2CCC(c3nc4ccccc4s3)CC2)sc2c1CCCC2. The predicted molar refractivity (Wildman–Crippen MR) is 126 cm³/mol. The number of carbonyl (C=O) groups excluding carboxylic acids is 2. The number of fused-ring (bicyclic) bond motifs is 2. The highest BCUT2D eigenvalue weighted by Gasteiger charge is 2.27. The Kier molecular flexibility index (Phi) is 5.77. The van der Waals surface area contributed by atoms with Crippen molar-refractivity contribution in [2.45, 2.75) is 44.4 Å². The second-order valence-electron chi connectivity index (χ2n) is 8.40. The van der Waals surface area contributed by atoms with Gasteiger partial charge in [0.1, 0.15) is 5.00 Å². The van der Waals surface area contributed by atoms with Crippen molar-refractivity contribution < 1.29 is 9.59 Å². The number of aromatic nitrogens is 1. The number of likely N-dealkylation sites (tertiary alicyclic amines) is 1. The zero-order valence-electron chi connectivity index (χ0n) is 17.4. The number of thiazole rings is 1. The van der Waals surface area contributed by atoms with Crippen molar-refractivity contribution in [2.75, 3.05) is 25.0 Å². The van der Waals surface area contributed by atoms with Gasteiger partial charge in [-0.1, -0.05) is 12.1 Å². The Morgan fingerprint density at radius 1 is 1.13 bits per heavy atom. The molecule has 3 N–H and O–H groups in total. The van der Waals surface area contributed by atoms with Gasteiger partial charge in [-0.3, -0.25) is 14.5 Å². The lowest BCUT2D eigenvalue weighted by Crippen LogP contribution is -2.38. The quantitative estimate of drug-likeness (QED) is 0.606. The summed E-state index contributed by atoms with van der Waals surface area (Å²) in [6.45, 7) is 2.09. The van der Waals surface area contributed by atoms with Gasteiger partial charge in [-0.25, -0.2) is 4.98 Å². The summed E-state index contributed by atoms with van der Waals surface area (Å²) in [5.74, 6) is -0.0481. The molecule has 1 aliphatic heterocycles. The van der Waals surface area contributed by atoms with Crippen LogP contribution < -0.4 is 11.1 Å². The van der Waals surface area contributed by atoms with Gasteiger partial charge in [-0.2, -0.15) is 0 Å². The summed E-state index contributed by atoms with van der Waals surface area (Å²) in [5, 5.41) is 4.83. The van der Waals surface area contributed by atoms with Crippen molar-refractivity contribution >= 4 is 49.7 Å². The molecule has 2 amide bonds. The number of nitrogens with one attached hydrogen (secondary N) is 1. The van der Waals surface area contributed by atoms with Crippen molar-refractivity contribution in [3.8, 4) is 0 Å². The summed E-state index contributed by atoms with van der Waals surface area (Å²) in [6.07, 6.45) is 6.05. The second kappa shape index (κ2) is 8.68. The fourth-order valence-corrected chi connectivity index (χ4v) is 7.13. The molecule has 2 aromatic heterocycles. The molecule has 1 aromatic carbocycles. The summed E-state index contributed by atoms with van der Waals surface area (Å²) < 4.78 is 1.24. The Labute approximate surface area is 189 Å². The Bertz CT molecular complexity index is 1100. The van der Waals surface area contributed by atoms with E-state index in [-0.39, 0.29) is 5.91 Å². The third kappa shape index (κ3) is 4.24. The lowest BCUT2D eigenvalue weighted by molar-refractivity contribution is -0.117. The summed E-state index contributed by atoms with van der Waals surface area (Å²) in [4.78, 5) is 33.0. The van der Waals surface area contributed by atoms with Crippen LogP contribution in [-0.2, 0) is 17.6 Å². The number of nitrogens with two attached hydrogens (primary N) is 1. The molecule has 3 heterocycles. The largest absolute Gasteiger partial charge is 0.365 e. The lowest BCUT2D eigenvalue weighted by atomic mass is 9.95. The zero-order chi connectivity index (χ0) is 21.4. The number of thiophene rings is 1. The van der Waals surface area contributed by atoms with E-state index >= 15 is 0 Å². The number of carbonyl (C=O) groups is 2. The number of aryl methyl sites for hydroxylation is 1. The van der Waals surface area contributed by atoms with E-state index in [4.69, 9.17) is 10.7 Å². The summed E-state index contributed by atoms with van der Waals surface area (Å²) >= 11 is 3.31. The van der Waals surface area contributed by atoms with Gasteiger partial charge < -0.3 is 11.1 Å². The van der Waals surface area contributed by atoms with E-state index in [0.717, 1.165) is 62.7 Å². The zero-order valence-corrected chi connectivity index (χ0v) is 19.0. The summed E-state index contributed by atoms with van der Waals surface area (Å²) in [6, 6.07) is 8.27. The number of piperidine rings is 1. The third-order valence-electron chi connectivity index (χ3n) is 6.29. The molecular formula is C23H26N4O2S2. The highest BCUT2D eigenvalue weighted by Crippen LogP contribution is 2.38. The van der Waals surface area contributed by atoms with Gasteiger partial charge in [0.05, 0.1) is 27.3 Å². The topological polar surface area (TPSA) is 88.3 Å². The summed E-state index contributed by atoms with van der Waals surface area (Å²) in [5.41, 5.74) is 8.30. The molecule has 0 saturated carbocycles. The van der Waals surface area contributed by atoms with Crippen molar-refractivity contribution in [1.82, 2.24) is 9.88 Å². The number of anilines is 1. The molecule has 1 saturated heterocycles. The molecule has 8 heteroatoms. The van der Waals surface area contributed by atoms with Crippen LogP contribution >= 0.6 is 22.7 Å². The van der Waals surface area contributed by atoms with Gasteiger partial charge in [0.15, 0.2) is 0 Å². The molecule has 0 radical (unpaired) electrons. The molecule has 6 nitrogen and oxygen atoms in total. The standard InChI is InChI=1S/C23H26N4O2S2/c24-21(29)20-15-5-1-3-7-17(15)30-23(20)26-19(28)13-27-11-9-14(10-12-27)22-25-16-6-2-4-8-18(16)31-22/h2,4,6,8,14H,1,3,5,7,9-13H2,(H2,24,29)(H,26,28). The van der Waals surface area contributed by atoms with Gasteiger partial charge in [0.2, 0.25) is 5.91 Å². The van der Waals surface area contributed by atoms with E-state index in [1.54, 1.807) is 11.3 Å². The van der Waals surface area contributed by atoms with E-state index in [9.17, 15) is 9.59 Å². The van der Waals surface area contributed by atoms with Crippen LogP contribution in [-0.4, -0.2) is 41.3 Å². The van der Waals surface area contributed by atoms with E-state index < -0.39 is 5.91 Å². The van der Waals surface area contributed by atoms with Crippen LogP contribution in [0.1, 0.15) is 57.4 Å². The first-order valence-electron chi connectivity index (χ1n) is 10.9. The van der Waals surface area contributed by atoms with Crippen LogP contribution in [0.3, 0.4) is 0 Å². The molecule has 0 bridgehead atoms. The first-order valence-corrected chi connectivity index (χ1v) is 12.5. The van der Waals surface area contributed by atoms with E-state index in [0.29, 0.717) is 23.0 Å². The maximum absolute atomic E-state index is 12.7. The summed E-state index contributed by atoms with van der Waals surface area (Å²) in [7, 11) is 0. The van der Waals surface area contributed by atoms with Gasteiger partial charge in [-0.05, 0) is 69.3 Å². The molecule has 0 spiro atoms. The fourth-order valence-electron chi connectivity index (χ4n) is 4.69. The molecule has 31 heavy (non-hydrogen) atoms. The van der Waals surface area contributed by atoms with Crippen LogP contribution in [0.25, 0.3) is 10.2 Å². The number of amides is 2. The molecule has 2 aliphatic rings. The smallest absolute Gasteiger partial charge is 0.251 e. The average Bonchev–Trinajstić information content (AvgIpc) is 3.35. The van der Waals surface area contributed by atoms with E-state index in [1.165, 1.54) is 25.9 Å². The highest BCUT2D eigenvalue weighted by molar-refractivity contribution is 7.18. The molecule has 1 aliphatic carbocycles. The van der Waals surface area contributed by atoms with Crippen molar-refractivity contribution in [3.63, 3.8) is 0 Å². The molecule has 162 valence electrons. The molecule has 0 atom stereocenters. The third-order valence-corrected chi connectivity index (χ3v) is 8.69. The number of benzene rings is 1. The minimum Gasteiger partial charge on any atom is -0.365 e. The van der Waals surface area contributed by atoms with Crippen LogP contribution in [0.2, 0.25) is 0 Å². The highest BCUT2D eigenvalue weighted by atomic mass is 32.1. The van der Waals surface area contributed by atoms with E-state index in [1.807, 2.05) is 6.07 Å². The maximum Gasteiger partial charge on any atom is 0.251 e. The maximum atomic E-state index is 12.7. The van der Waals surface area contributed by atoms with E-state index in [2.05, 4.69) is 28.4 Å². The normalized spacial score (nSPS) is 17.5. The number of primary amides is 1. The molecule has 5 rings (SSSR count). The Hall–Kier alpha value is -2.29.